The monoisotopic (exact) mass is 444 g/mol. The quantitative estimate of drug-likeness (QED) is 0.453. The minimum absolute atomic E-state index is 0.0266. The van der Waals surface area contributed by atoms with Crippen molar-refractivity contribution in [1.29, 1.82) is 0 Å². The number of hydrogen-bond donors (Lipinski definition) is 2. The molecule has 0 aliphatic rings. The Hall–Kier alpha value is -3.75. The van der Waals surface area contributed by atoms with Crippen molar-refractivity contribution in [3.63, 3.8) is 0 Å². The van der Waals surface area contributed by atoms with Gasteiger partial charge < -0.3 is 20.1 Å². The molecule has 2 amide bonds. The van der Waals surface area contributed by atoms with Gasteiger partial charge in [0.1, 0.15) is 18.5 Å². The molecular formula is C23H25FN2O6. The lowest BCUT2D eigenvalue weighted by molar-refractivity contribution is -0.146. The summed E-state index contributed by atoms with van der Waals surface area (Å²) < 4.78 is 24.3. The zero-order valence-corrected chi connectivity index (χ0v) is 18.0. The molecule has 0 heterocycles. The number of Topliss-reactive ketones (excluding diaryl/α,β-unsaturated/α-hetero) is 1. The molecule has 170 valence electrons. The van der Waals surface area contributed by atoms with E-state index in [1.165, 1.54) is 19.1 Å². The molecule has 0 unspecified atom stereocenters. The zero-order chi connectivity index (χ0) is 23.7. The molecule has 0 bridgehead atoms. The van der Waals surface area contributed by atoms with Crippen molar-refractivity contribution in [3.05, 3.63) is 65.5 Å². The third kappa shape index (κ3) is 7.50. The van der Waals surface area contributed by atoms with E-state index in [2.05, 4.69) is 10.6 Å². The minimum Gasteiger partial charge on any atom is -0.456 e. The van der Waals surface area contributed by atoms with Crippen LogP contribution in [0.5, 0.6) is 0 Å². The number of anilines is 1. The zero-order valence-electron chi connectivity index (χ0n) is 18.0. The number of amides is 2. The molecule has 0 aliphatic heterocycles. The van der Waals surface area contributed by atoms with Crippen molar-refractivity contribution >= 4 is 29.4 Å². The van der Waals surface area contributed by atoms with Crippen LogP contribution < -0.4 is 10.6 Å². The van der Waals surface area contributed by atoms with Crippen LogP contribution >= 0.6 is 0 Å². The normalized spacial score (nSPS) is 11.4. The SMILES string of the molecule is CC(=O)Nc1ccc(C(=O)COC(=O)[C@H](NC(=O)OCc2ccccc2)C(C)C)c(F)c1. The summed E-state index contributed by atoms with van der Waals surface area (Å²) in [5.41, 5.74) is 0.688. The summed E-state index contributed by atoms with van der Waals surface area (Å²) in [5.74, 6) is -3.21. The van der Waals surface area contributed by atoms with Crippen molar-refractivity contribution in [2.75, 3.05) is 11.9 Å². The number of rotatable bonds is 9. The second-order valence-corrected chi connectivity index (χ2v) is 7.33. The summed E-state index contributed by atoms with van der Waals surface area (Å²) in [7, 11) is 0. The average Bonchev–Trinajstić information content (AvgIpc) is 2.74. The van der Waals surface area contributed by atoms with Crippen molar-refractivity contribution in [2.45, 2.75) is 33.4 Å². The first-order valence-electron chi connectivity index (χ1n) is 9.91. The molecule has 2 N–H and O–H groups in total. The van der Waals surface area contributed by atoms with Gasteiger partial charge in [0.05, 0.1) is 5.56 Å². The van der Waals surface area contributed by atoms with Crippen LogP contribution in [0.2, 0.25) is 0 Å². The summed E-state index contributed by atoms with van der Waals surface area (Å²) in [6, 6.07) is 11.5. The molecule has 0 radical (unpaired) electrons. The number of carbonyl (C=O) groups excluding carboxylic acids is 4. The molecule has 0 aromatic heterocycles. The Bertz CT molecular complexity index is 978. The van der Waals surface area contributed by atoms with Crippen molar-refractivity contribution in [3.8, 4) is 0 Å². The molecule has 2 aromatic carbocycles. The molecule has 2 aromatic rings. The van der Waals surface area contributed by atoms with Gasteiger partial charge in [0.2, 0.25) is 11.7 Å². The van der Waals surface area contributed by atoms with Gasteiger partial charge >= 0.3 is 12.1 Å². The Morgan fingerprint density at radius 1 is 1.00 bits per heavy atom. The third-order valence-corrected chi connectivity index (χ3v) is 4.34. The number of ketones is 1. The van der Waals surface area contributed by atoms with Gasteiger partial charge in [-0.25, -0.2) is 14.0 Å². The Kier molecular flexibility index (Phi) is 8.88. The Morgan fingerprint density at radius 3 is 2.28 bits per heavy atom. The molecule has 0 saturated heterocycles. The Balaban J connectivity index is 1.91. The largest absolute Gasteiger partial charge is 0.456 e. The average molecular weight is 444 g/mol. The van der Waals surface area contributed by atoms with E-state index in [0.717, 1.165) is 11.6 Å². The number of halogens is 1. The van der Waals surface area contributed by atoms with Crippen LogP contribution in [0, 0.1) is 11.7 Å². The molecule has 2 rings (SSSR count). The maximum Gasteiger partial charge on any atom is 0.408 e. The van der Waals surface area contributed by atoms with E-state index in [-0.39, 0.29) is 29.7 Å². The van der Waals surface area contributed by atoms with Crippen LogP contribution in [0.15, 0.2) is 48.5 Å². The molecule has 0 fully saturated rings. The number of carbonyl (C=O) groups is 4. The molecule has 1 atom stereocenters. The summed E-state index contributed by atoms with van der Waals surface area (Å²) in [5, 5.41) is 4.83. The second kappa shape index (κ2) is 11.6. The van der Waals surface area contributed by atoms with Crippen LogP contribution in [0.25, 0.3) is 0 Å². The number of hydrogen-bond acceptors (Lipinski definition) is 6. The molecule has 9 heteroatoms. The maximum atomic E-state index is 14.2. The van der Waals surface area contributed by atoms with Crippen LogP contribution in [-0.4, -0.2) is 36.4 Å². The Morgan fingerprint density at radius 2 is 1.69 bits per heavy atom. The topological polar surface area (TPSA) is 111 Å². The molecule has 32 heavy (non-hydrogen) atoms. The molecule has 8 nitrogen and oxygen atoms in total. The van der Waals surface area contributed by atoms with Crippen molar-refractivity contribution < 1.29 is 33.0 Å². The fourth-order valence-corrected chi connectivity index (χ4v) is 2.72. The van der Waals surface area contributed by atoms with Gasteiger partial charge in [-0.15, -0.1) is 0 Å². The van der Waals surface area contributed by atoms with Crippen molar-refractivity contribution in [1.82, 2.24) is 5.32 Å². The van der Waals surface area contributed by atoms with Gasteiger partial charge in [0.25, 0.3) is 0 Å². The van der Waals surface area contributed by atoms with Gasteiger partial charge in [0.15, 0.2) is 6.61 Å². The highest BCUT2D eigenvalue weighted by Gasteiger charge is 2.27. The van der Waals surface area contributed by atoms with E-state index >= 15 is 0 Å². The van der Waals surface area contributed by atoms with E-state index in [4.69, 9.17) is 9.47 Å². The van der Waals surface area contributed by atoms with E-state index in [1.807, 2.05) is 6.07 Å². The predicted molar refractivity (Wildman–Crippen MR) is 114 cm³/mol. The summed E-state index contributed by atoms with van der Waals surface area (Å²) in [4.78, 5) is 47.8. The van der Waals surface area contributed by atoms with E-state index in [0.29, 0.717) is 0 Å². The highest BCUT2D eigenvalue weighted by Crippen LogP contribution is 2.16. The number of ether oxygens (including phenoxy) is 2. The fraction of sp³-hybridized carbons (Fsp3) is 0.304. The summed E-state index contributed by atoms with van der Waals surface area (Å²) >= 11 is 0. The van der Waals surface area contributed by atoms with Crippen LogP contribution in [0.1, 0.15) is 36.7 Å². The number of esters is 1. The van der Waals surface area contributed by atoms with Crippen LogP contribution in [0.4, 0.5) is 14.9 Å². The first-order chi connectivity index (χ1) is 15.2. The van der Waals surface area contributed by atoms with E-state index < -0.39 is 36.3 Å². The molecule has 0 spiro atoms. The standard InChI is InChI=1S/C23H25FN2O6/c1-14(2)21(26-23(30)32-12-16-7-5-4-6-8-16)22(29)31-13-20(28)18-10-9-17(11-19(18)24)25-15(3)27/h4-11,14,21H,12-13H2,1-3H3,(H,25,27)(H,26,30)/t21-/m1/s1. The lowest BCUT2D eigenvalue weighted by Gasteiger charge is -2.20. The molecule has 0 aliphatic carbocycles. The smallest absolute Gasteiger partial charge is 0.408 e. The minimum atomic E-state index is -1.06. The molecule has 0 saturated carbocycles. The van der Waals surface area contributed by atoms with Gasteiger partial charge in [0, 0.05) is 12.6 Å². The highest BCUT2D eigenvalue weighted by molar-refractivity contribution is 5.99. The number of nitrogens with one attached hydrogen (secondary N) is 2. The van der Waals surface area contributed by atoms with Gasteiger partial charge in [-0.05, 0) is 29.7 Å². The lowest BCUT2D eigenvalue weighted by Crippen LogP contribution is -2.45. The van der Waals surface area contributed by atoms with Gasteiger partial charge in [-0.1, -0.05) is 44.2 Å². The van der Waals surface area contributed by atoms with Gasteiger partial charge in [-0.3, -0.25) is 9.59 Å². The predicted octanol–water partition coefficient (Wildman–Crippen LogP) is 3.46. The first-order valence-corrected chi connectivity index (χ1v) is 9.91. The number of benzene rings is 2. The summed E-state index contributed by atoms with van der Waals surface area (Å²) in [6.45, 7) is 3.96. The fourth-order valence-electron chi connectivity index (χ4n) is 2.72. The number of alkyl carbamates (subject to hydrolysis) is 1. The second-order valence-electron chi connectivity index (χ2n) is 7.33. The lowest BCUT2D eigenvalue weighted by atomic mass is 10.1. The van der Waals surface area contributed by atoms with Gasteiger partial charge in [-0.2, -0.15) is 0 Å². The van der Waals surface area contributed by atoms with E-state index in [9.17, 15) is 23.6 Å². The van der Waals surface area contributed by atoms with Crippen LogP contribution in [0.3, 0.4) is 0 Å². The first kappa shape index (κ1) is 24.5. The van der Waals surface area contributed by atoms with E-state index in [1.54, 1.807) is 38.1 Å². The summed E-state index contributed by atoms with van der Waals surface area (Å²) in [6.07, 6.45) is -0.810. The Labute approximate surface area is 185 Å². The maximum absolute atomic E-state index is 14.2. The third-order valence-electron chi connectivity index (χ3n) is 4.34. The molecular weight excluding hydrogens is 419 g/mol. The van der Waals surface area contributed by atoms with Crippen LogP contribution in [-0.2, 0) is 25.7 Å². The highest BCUT2D eigenvalue weighted by atomic mass is 19.1. The van der Waals surface area contributed by atoms with Crippen molar-refractivity contribution in [2.24, 2.45) is 5.92 Å².